The molecule has 1 aromatic heterocycles. The van der Waals surface area contributed by atoms with E-state index in [1.54, 1.807) is 0 Å². The number of likely N-dealkylation sites (tertiary alicyclic amines) is 1. The molecule has 140 valence electrons. The second-order valence-corrected chi connectivity index (χ2v) is 8.22. The van der Waals surface area contributed by atoms with Crippen molar-refractivity contribution in [2.75, 3.05) is 26.2 Å². The van der Waals surface area contributed by atoms with E-state index in [2.05, 4.69) is 38.0 Å². The lowest BCUT2D eigenvalue weighted by atomic mass is 9.90. The maximum atomic E-state index is 6.31. The SMILES string of the molecule is c1cc2c(cc1OC1CCN(C3CCC3)CC1)ncn2C1CCNCC1. The molecule has 5 heteroatoms. The first kappa shape index (κ1) is 16.6. The monoisotopic (exact) mass is 354 g/mol. The molecule has 0 amide bonds. The highest BCUT2D eigenvalue weighted by molar-refractivity contribution is 5.77. The number of ether oxygens (including phenoxy) is 1. The van der Waals surface area contributed by atoms with Gasteiger partial charge in [0.25, 0.3) is 0 Å². The zero-order valence-corrected chi connectivity index (χ0v) is 15.6. The number of piperidine rings is 2. The maximum Gasteiger partial charge on any atom is 0.122 e. The molecule has 0 atom stereocenters. The molecule has 0 radical (unpaired) electrons. The number of benzene rings is 1. The van der Waals surface area contributed by atoms with Crippen LogP contribution < -0.4 is 10.1 Å². The third kappa shape index (κ3) is 3.23. The first-order valence-electron chi connectivity index (χ1n) is 10.4. The fourth-order valence-corrected chi connectivity index (χ4v) is 4.76. The maximum absolute atomic E-state index is 6.31. The van der Waals surface area contributed by atoms with Gasteiger partial charge in [0, 0.05) is 31.2 Å². The number of fused-ring (bicyclic) bond motifs is 1. The Hall–Kier alpha value is -1.59. The number of rotatable bonds is 4. The average molecular weight is 354 g/mol. The number of nitrogens with one attached hydrogen (secondary N) is 1. The minimum Gasteiger partial charge on any atom is -0.490 e. The van der Waals surface area contributed by atoms with E-state index in [1.165, 1.54) is 50.7 Å². The summed E-state index contributed by atoms with van der Waals surface area (Å²) in [7, 11) is 0. The van der Waals surface area contributed by atoms with Gasteiger partial charge < -0.3 is 19.5 Å². The van der Waals surface area contributed by atoms with Gasteiger partial charge in [0.1, 0.15) is 11.9 Å². The van der Waals surface area contributed by atoms with Gasteiger partial charge in [-0.15, -0.1) is 0 Å². The summed E-state index contributed by atoms with van der Waals surface area (Å²) < 4.78 is 8.67. The molecule has 5 rings (SSSR count). The van der Waals surface area contributed by atoms with Gasteiger partial charge >= 0.3 is 0 Å². The second kappa shape index (κ2) is 7.20. The van der Waals surface area contributed by atoms with E-state index >= 15 is 0 Å². The molecule has 3 aliphatic rings. The van der Waals surface area contributed by atoms with Crippen molar-refractivity contribution in [2.45, 2.75) is 63.1 Å². The van der Waals surface area contributed by atoms with E-state index in [9.17, 15) is 0 Å². The number of aromatic nitrogens is 2. The van der Waals surface area contributed by atoms with Crippen molar-refractivity contribution >= 4 is 11.0 Å². The first-order valence-corrected chi connectivity index (χ1v) is 10.4. The van der Waals surface area contributed by atoms with E-state index in [-0.39, 0.29) is 0 Å². The van der Waals surface area contributed by atoms with Gasteiger partial charge in [0.2, 0.25) is 0 Å². The quantitative estimate of drug-likeness (QED) is 0.914. The van der Waals surface area contributed by atoms with Crippen molar-refractivity contribution < 1.29 is 4.74 Å². The van der Waals surface area contributed by atoms with Gasteiger partial charge in [-0.25, -0.2) is 4.98 Å². The summed E-state index contributed by atoms with van der Waals surface area (Å²) in [5.74, 6) is 0.982. The number of imidazole rings is 1. The van der Waals surface area contributed by atoms with Crippen LogP contribution in [0, 0.1) is 0 Å². The highest BCUT2D eigenvalue weighted by Crippen LogP contribution is 2.30. The summed E-state index contributed by atoms with van der Waals surface area (Å²) in [6.45, 7) is 4.60. The van der Waals surface area contributed by atoms with Crippen LogP contribution in [0.2, 0.25) is 0 Å². The third-order valence-corrected chi connectivity index (χ3v) is 6.62. The summed E-state index contributed by atoms with van der Waals surface area (Å²) in [5.41, 5.74) is 2.30. The Morgan fingerprint density at radius 2 is 1.77 bits per heavy atom. The first-order chi connectivity index (χ1) is 12.9. The number of nitrogens with zero attached hydrogens (tertiary/aromatic N) is 3. The molecule has 3 fully saturated rings. The summed E-state index contributed by atoms with van der Waals surface area (Å²) in [6, 6.07) is 7.91. The van der Waals surface area contributed by atoms with Gasteiger partial charge in [0.15, 0.2) is 0 Å². The van der Waals surface area contributed by atoms with Gasteiger partial charge in [-0.1, -0.05) is 6.42 Å². The zero-order chi connectivity index (χ0) is 17.3. The summed E-state index contributed by atoms with van der Waals surface area (Å²) >= 11 is 0. The summed E-state index contributed by atoms with van der Waals surface area (Å²) in [4.78, 5) is 7.33. The Labute approximate surface area is 155 Å². The van der Waals surface area contributed by atoms with Gasteiger partial charge in [-0.2, -0.15) is 0 Å². The highest BCUT2D eigenvalue weighted by Gasteiger charge is 2.29. The minimum atomic E-state index is 0.357. The van der Waals surface area contributed by atoms with Gasteiger partial charge in [0.05, 0.1) is 17.4 Å². The molecule has 5 nitrogen and oxygen atoms in total. The van der Waals surface area contributed by atoms with Crippen molar-refractivity contribution in [3.8, 4) is 5.75 Å². The average Bonchev–Trinajstić information content (AvgIpc) is 3.06. The normalized spacial score (nSPS) is 24.0. The lowest BCUT2D eigenvalue weighted by Crippen LogP contribution is -2.46. The minimum absolute atomic E-state index is 0.357. The Balaban J connectivity index is 1.24. The van der Waals surface area contributed by atoms with Crippen LogP contribution in [0.25, 0.3) is 11.0 Å². The van der Waals surface area contributed by atoms with E-state index < -0.39 is 0 Å². The van der Waals surface area contributed by atoms with Crippen LogP contribution in [0.5, 0.6) is 5.75 Å². The Bertz CT molecular complexity index is 740. The Morgan fingerprint density at radius 3 is 2.50 bits per heavy atom. The number of hydrogen-bond acceptors (Lipinski definition) is 4. The number of hydrogen-bond donors (Lipinski definition) is 1. The fraction of sp³-hybridized carbons (Fsp3) is 0.667. The second-order valence-electron chi connectivity index (χ2n) is 8.22. The molecule has 0 unspecified atom stereocenters. The van der Waals surface area contributed by atoms with Crippen molar-refractivity contribution in [1.29, 1.82) is 0 Å². The Kier molecular flexibility index (Phi) is 4.59. The van der Waals surface area contributed by atoms with E-state index in [0.717, 1.165) is 43.2 Å². The highest BCUT2D eigenvalue weighted by atomic mass is 16.5. The molecular weight excluding hydrogens is 324 g/mol. The topological polar surface area (TPSA) is 42.3 Å². The molecule has 2 aromatic rings. The molecule has 2 saturated heterocycles. The van der Waals surface area contributed by atoms with E-state index in [4.69, 9.17) is 4.74 Å². The zero-order valence-electron chi connectivity index (χ0n) is 15.6. The standard InChI is InChI=1S/C21H30N4O/c1-2-16(3-1)24-12-8-18(9-13-24)26-19-4-5-21-20(14-19)23-15-25(21)17-6-10-22-11-7-17/h4-5,14-18,22H,1-3,6-13H2. The molecule has 0 spiro atoms. The molecule has 26 heavy (non-hydrogen) atoms. The van der Waals surface area contributed by atoms with Crippen LogP contribution >= 0.6 is 0 Å². The molecule has 3 heterocycles. The molecule has 1 aliphatic carbocycles. The van der Waals surface area contributed by atoms with Crippen LogP contribution in [0.1, 0.15) is 51.0 Å². The predicted molar refractivity (Wildman–Crippen MR) is 104 cm³/mol. The van der Waals surface area contributed by atoms with Crippen LogP contribution in [-0.4, -0.2) is 52.8 Å². The lowest BCUT2D eigenvalue weighted by Gasteiger charge is -2.41. The van der Waals surface area contributed by atoms with Crippen molar-refractivity contribution in [3.05, 3.63) is 24.5 Å². The third-order valence-electron chi connectivity index (χ3n) is 6.62. The smallest absolute Gasteiger partial charge is 0.122 e. The van der Waals surface area contributed by atoms with Crippen LogP contribution in [0.3, 0.4) is 0 Å². The van der Waals surface area contributed by atoms with E-state index in [1.807, 2.05) is 6.33 Å². The molecule has 2 aliphatic heterocycles. The van der Waals surface area contributed by atoms with Crippen LogP contribution in [0.4, 0.5) is 0 Å². The van der Waals surface area contributed by atoms with E-state index in [0.29, 0.717) is 12.1 Å². The Morgan fingerprint density at radius 1 is 0.962 bits per heavy atom. The molecule has 1 saturated carbocycles. The lowest BCUT2D eigenvalue weighted by molar-refractivity contribution is 0.0494. The van der Waals surface area contributed by atoms with Gasteiger partial charge in [-0.3, -0.25) is 0 Å². The van der Waals surface area contributed by atoms with Crippen molar-refractivity contribution in [3.63, 3.8) is 0 Å². The largest absolute Gasteiger partial charge is 0.490 e. The molecule has 0 bridgehead atoms. The molecular formula is C21H30N4O. The van der Waals surface area contributed by atoms with Crippen LogP contribution in [0.15, 0.2) is 24.5 Å². The molecule has 1 N–H and O–H groups in total. The van der Waals surface area contributed by atoms with Crippen molar-refractivity contribution in [2.24, 2.45) is 0 Å². The van der Waals surface area contributed by atoms with Crippen molar-refractivity contribution in [1.82, 2.24) is 19.8 Å². The fourth-order valence-electron chi connectivity index (χ4n) is 4.76. The summed E-state index contributed by atoms with van der Waals surface area (Å²) in [5, 5.41) is 3.44. The van der Waals surface area contributed by atoms with Gasteiger partial charge in [-0.05, 0) is 63.7 Å². The van der Waals surface area contributed by atoms with Crippen LogP contribution in [-0.2, 0) is 0 Å². The predicted octanol–water partition coefficient (Wildman–Crippen LogP) is 3.36. The summed E-state index contributed by atoms with van der Waals surface area (Å²) in [6.07, 6.45) is 11.3. The molecule has 1 aromatic carbocycles.